The molecule has 0 aromatic carbocycles. The monoisotopic (exact) mass is 183 g/mol. The van der Waals surface area contributed by atoms with Gasteiger partial charge in [0.05, 0.1) is 7.11 Å². The molecular weight excluding hydrogens is 170 g/mol. The van der Waals surface area contributed by atoms with Gasteiger partial charge in [0.25, 0.3) is 0 Å². The van der Waals surface area contributed by atoms with E-state index in [1.54, 1.807) is 12.3 Å². The van der Waals surface area contributed by atoms with Gasteiger partial charge in [0.2, 0.25) is 0 Å². The molecule has 13 heavy (non-hydrogen) atoms. The van der Waals surface area contributed by atoms with Crippen molar-refractivity contribution in [3.05, 3.63) is 23.5 Å². The second-order valence-electron chi connectivity index (χ2n) is 2.68. The number of nitrogens with two attached hydrogens (primary N) is 2. The number of hydrogen-bond donors (Lipinski definition) is 3. The quantitative estimate of drug-likeness (QED) is 0.564. The lowest BCUT2D eigenvalue weighted by Gasteiger charge is -2.03. The van der Waals surface area contributed by atoms with Crippen molar-refractivity contribution in [2.45, 2.75) is 6.04 Å². The van der Waals surface area contributed by atoms with Crippen LogP contribution in [-0.2, 0) is 4.74 Å². The number of rotatable bonds is 3. The Bertz CT molecular complexity index is 295. The highest BCUT2D eigenvalue weighted by molar-refractivity contribution is 5.87. The molecule has 0 amide bonds. The second kappa shape index (κ2) is 4.06. The van der Waals surface area contributed by atoms with Gasteiger partial charge in [-0.05, 0) is 11.6 Å². The van der Waals surface area contributed by atoms with Gasteiger partial charge in [-0.25, -0.2) is 4.79 Å². The standard InChI is InChI=1S/C8H13N3O2/c1-13-8(12)7-2-5(4-11-7)6(10)3-9/h2,4,6,11H,3,9-10H2,1H3/t6-/m0/s1. The molecular formula is C8H13N3O2. The predicted octanol–water partition coefficient (Wildman–Crippen LogP) is -0.240. The van der Waals surface area contributed by atoms with Crippen molar-refractivity contribution in [3.63, 3.8) is 0 Å². The van der Waals surface area contributed by atoms with Gasteiger partial charge >= 0.3 is 5.97 Å². The molecule has 1 rings (SSSR count). The number of nitrogens with one attached hydrogen (secondary N) is 1. The van der Waals surface area contributed by atoms with Gasteiger partial charge in [-0.2, -0.15) is 0 Å². The highest BCUT2D eigenvalue weighted by Gasteiger charge is 2.11. The van der Waals surface area contributed by atoms with E-state index >= 15 is 0 Å². The first-order valence-corrected chi connectivity index (χ1v) is 3.91. The van der Waals surface area contributed by atoms with Crippen LogP contribution in [0.25, 0.3) is 0 Å². The molecule has 0 fully saturated rings. The first-order valence-electron chi connectivity index (χ1n) is 3.91. The SMILES string of the molecule is COC(=O)c1cc([C@@H](N)CN)c[nH]1. The zero-order chi connectivity index (χ0) is 9.84. The van der Waals surface area contributed by atoms with E-state index < -0.39 is 5.97 Å². The van der Waals surface area contributed by atoms with Crippen molar-refractivity contribution in [2.75, 3.05) is 13.7 Å². The number of aromatic nitrogens is 1. The van der Waals surface area contributed by atoms with Crippen LogP contribution in [0.3, 0.4) is 0 Å². The molecule has 5 N–H and O–H groups in total. The molecule has 0 aliphatic rings. The van der Waals surface area contributed by atoms with Crippen LogP contribution in [0.4, 0.5) is 0 Å². The molecule has 0 radical (unpaired) electrons. The zero-order valence-electron chi connectivity index (χ0n) is 7.41. The van der Waals surface area contributed by atoms with Gasteiger partial charge in [0.15, 0.2) is 0 Å². The van der Waals surface area contributed by atoms with Gasteiger partial charge in [0, 0.05) is 18.8 Å². The average Bonchev–Trinajstić information content (AvgIpc) is 2.64. The molecule has 1 atom stereocenters. The summed E-state index contributed by atoms with van der Waals surface area (Å²) in [6, 6.07) is 1.40. The van der Waals surface area contributed by atoms with Crippen molar-refractivity contribution < 1.29 is 9.53 Å². The maximum Gasteiger partial charge on any atom is 0.354 e. The molecule has 1 aromatic heterocycles. The summed E-state index contributed by atoms with van der Waals surface area (Å²) in [6.45, 7) is 0.346. The minimum Gasteiger partial charge on any atom is -0.464 e. The van der Waals surface area contributed by atoms with Crippen molar-refractivity contribution in [1.82, 2.24) is 4.98 Å². The van der Waals surface area contributed by atoms with Crippen LogP contribution in [0, 0.1) is 0 Å². The Balaban J connectivity index is 2.80. The number of carbonyl (C=O) groups excluding carboxylic acids is 1. The lowest BCUT2D eigenvalue weighted by molar-refractivity contribution is 0.0595. The molecule has 0 saturated carbocycles. The third-order valence-corrected chi connectivity index (χ3v) is 1.79. The van der Waals surface area contributed by atoms with E-state index in [2.05, 4.69) is 9.72 Å². The summed E-state index contributed by atoms with van der Waals surface area (Å²) in [5.41, 5.74) is 12.2. The summed E-state index contributed by atoms with van der Waals surface area (Å²) in [5.74, 6) is -0.407. The van der Waals surface area contributed by atoms with Crippen molar-refractivity contribution in [3.8, 4) is 0 Å². The molecule has 0 aliphatic carbocycles. The van der Waals surface area contributed by atoms with E-state index in [1.165, 1.54) is 7.11 Å². The van der Waals surface area contributed by atoms with Crippen molar-refractivity contribution >= 4 is 5.97 Å². The highest BCUT2D eigenvalue weighted by atomic mass is 16.5. The number of hydrogen-bond acceptors (Lipinski definition) is 4. The molecule has 0 saturated heterocycles. The Labute approximate surface area is 76.1 Å². The summed E-state index contributed by atoms with van der Waals surface area (Å²) in [7, 11) is 1.33. The fourth-order valence-corrected chi connectivity index (χ4v) is 0.989. The van der Waals surface area contributed by atoms with E-state index in [0.29, 0.717) is 12.2 Å². The topological polar surface area (TPSA) is 94.1 Å². The van der Waals surface area contributed by atoms with Crippen LogP contribution in [-0.4, -0.2) is 24.6 Å². The van der Waals surface area contributed by atoms with Gasteiger partial charge in [-0.3, -0.25) is 0 Å². The van der Waals surface area contributed by atoms with Crippen molar-refractivity contribution in [2.24, 2.45) is 11.5 Å². The molecule has 72 valence electrons. The number of carbonyl (C=O) groups is 1. The lowest BCUT2D eigenvalue weighted by atomic mass is 10.1. The maximum absolute atomic E-state index is 11.0. The van der Waals surface area contributed by atoms with Gasteiger partial charge in [-0.1, -0.05) is 0 Å². The Morgan fingerprint density at radius 2 is 2.46 bits per heavy atom. The Morgan fingerprint density at radius 1 is 1.77 bits per heavy atom. The summed E-state index contributed by atoms with van der Waals surface area (Å²) >= 11 is 0. The fourth-order valence-electron chi connectivity index (χ4n) is 0.989. The van der Waals surface area contributed by atoms with E-state index in [4.69, 9.17) is 11.5 Å². The van der Waals surface area contributed by atoms with Crippen LogP contribution < -0.4 is 11.5 Å². The second-order valence-corrected chi connectivity index (χ2v) is 2.68. The predicted molar refractivity (Wildman–Crippen MR) is 48.1 cm³/mol. The van der Waals surface area contributed by atoms with E-state index in [9.17, 15) is 4.79 Å². The number of esters is 1. The van der Waals surface area contributed by atoms with Gasteiger partial charge < -0.3 is 21.2 Å². The molecule has 0 bridgehead atoms. The summed E-state index contributed by atoms with van der Waals surface area (Å²) in [4.78, 5) is 13.8. The first kappa shape index (κ1) is 9.76. The zero-order valence-corrected chi connectivity index (χ0v) is 7.41. The largest absolute Gasteiger partial charge is 0.464 e. The minimum absolute atomic E-state index is 0.241. The molecule has 0 aliphatic heterocycles. The van der Waals surface area contributed by atoms with E-state index in [0.717, 1.165) is 5.56 Å². The first-order chi connectivity index (χ1) is 6.19. The number of methoxy groups -OCH3 is 1. The molecule has 5 heteroatoms. The normalized spacial score (nSPS) is 12.5. The lowest BCUT2D eigenvalue weighted by Crippen LogP contribution is -2.20. The van der Waals surface area contributed by atoms with Crippen molar-refractivity contribution in [1.29, 1.82) is 0 Å². The highest BCUT2D eigenvalue weighted by Crippen LogP contribution is 2.10. The Morgan fingerprint density at radius 3 is 3.00 bits per heavy atom. The van der Waals surface area contributed by atoms with Crippen LogP contribution >= 0.6 is 0 Å². The Hall–Kier alpha value is -1.33. The Kier molecular flexibility index (Phi) is 3.05. The summed E-state index contributed by atoms with van der Waals surface area (Å²) in [6.07, 6.45) is 1.66. The smallest absolute Gasteiger partial charge is 0.354 e. The third kappa shape index (κ3) is 2.07. The number of H-pyrrole nitrogens is 1. The third-order valence-electron chi connectivity index (χ3n) is 1.79. The number of ether oxygens (including phenoxy) is 1. The number of aromatic amines is 1. The summed E-state index contributed by atoms with van der Waals surface area (Å²) in [5, 5.41) is 0. The fraction of sp³-hybridized carbons (Fsp3) is 0.375. The maximum atomic E-state index is 11.0. The summed E-state index contributed by atoms with van der Waals surface area (Å²) < 4.78 is 4.52. The van der Waals surface area contributed by atoms with Crippen LogP contribution in [0.5, 0.6) is 0 Å². The van der Waals surface area contributed by atoms with Crippen LogP contribution in [0.1, 0.15) is 22.1 Å². The molecule has 5 nitrogen and oxygen atoms in total. The van der Waals surface area contributed by atoms with Crippen LogP contribution in [0.15, 0.2) is 12.3 Å². The molecule has 1 aromatic rings. The van der Waals surface area contributed by atoms with Gasteiger partial charge in [-0.15, -0.1) is 0 Å². The average molecular weight is 183 g/mol. The van der Waals surface area contributed by atoms with Gasteiger partial charge in [0.1, 0.15) is 5.69 Å². The minimum atomic E-state index is -0.407. The molecule has 0 unspecified atom stereocenters. The molecule has 0 spiro atoms. The van der Waals surface area contributed by atoms with E-state index in [-0.39, 0.29) is 6.04 Å². The van der Waals surface area contributed by atoms with Crippen LogP contribution in [0.2, 0.25) is 0 Å². The molecule has 1 heterocycles. The van der Waals surface area contributed by atoms with E-state index in [1.807, 2.05) is 0 Å².